The van der Waals surface area contributed by atoms with Crippen LogP contribution in [0.5, 0.6) is 0 Å². The van der Waals surface area contributed by atoms with Crippen LogP contribution in [0.3, 0.4) is 0 Å². The minimum absolute atomic E-state index is 0.0432. The number of benzene rings is 1. The molecule has 23 heavy (non-hydrogen) atoms. The second kappa shape index (κ2) is 6.08. The van der Waals surface area contributed by atoms with Gasteiger partial charge >= 0.3 is 6.03 Å². The average Bonchev–Trinajstić information content (AvgIpc) is 3.21. The van der Waals surface area contributed by atoms with Crippen LogP contribution in [-0.4, -0.2) is 29.0 Å². The van der Waals surface area contributed by atoms with E-state index in [0.717, 1.165) is 31.4 Å². The fourth-order valence-corrected chi connectivity index (χ4v) is 4.07. The quantitative estimate of drug-likeness (QED) is 0.760. The van der Waals surface area contributed by atoms with Crippen molar-refractivity contribution >= 4 is 28.3 Å². The molecule has 2 aromatic heterocycles. The summed E-state index contributed by atoms with van der Waals surface area (Å²) in [6.07, 6.45) is 3.85. The van der Waals surface area contributed by atoms with Gasteiger partial charge in [0.25, 0.3) is 0 Å². The van der Waals surface area contributed by atoms with Crippen molar-refractivity contribution in [2.24, 2.45) is 0 Å². The molecule has 0 saturated carbocycles. The van der Waals surface area contributed by atoms with Crippen molar-refractivity contribution in [2.75, 3.05) is 13.1 Å². The predicted octanol–water partition coefficient (Wildman–Crippen LogP) is 3.54. The predicted molar refractivity (Wildman–Crippen MR) is 93.8 cm³/mol. The van der Waals surface area contributed by atoms with Crippen molar-refractivity contribution in [2.45, 2.75) is 19.4 Å². The zero-order valence-electron chi connectivity index (χ0n) is 12.8. The molecule has 0 atom stereocenters. The molecule has 5 heteroatoms. The number of carbonyl (C=O) groups is 1. The van der Waals surface area contributed by atoms with Gasteiger partial charge in [-0.1, -0.05) is 18.2 Å². The van der Waals surface area contributed by atoms with E-state index in [1.165, 1.54) is 21.4 Å². The fourth-order valence-electron chi connectivity index (χ4n) is 3.18. The lowest BCUT2D eigenvalue weighted by Gasteiger charge is -2.27. The van der Waals surface area contributed by atoms with Crippen LogP contribution < -0.4 is 5.32 Å². The van der Waals surface area contributed by atoms with Gasteiger partial charge in [0.1, 0.15) is 0 Å². The van der Waals surface area contributed by atoms with E-state index in [9.17, 15) is 4.79 Å². The Morgan fingerprint density at radius 3 is 3.17 bits per heavy atom. The number of carbonyl (C=O) groups excluding carboxylic acids is 1. The number of amides is 2. The van der Waals surface area contributed by atoms with E-state index >= 15 is 0 Å². The van der Waals surface area contributed by atoms with Crippen LogP contribution in [0, 0.1) is 0 Å². The maximum absolute atomic E-state index is 12.3. The van der Waals surface area contributed by atoms with Gasteiger partial charge < -0.3 is 15.2 Å². The Labute approximate surface area is 139 Å². The SMILES string of the molecule is O=C(NCCc1c[nH]c2ccccc12)N1CCc2sccc2C1. The number of nitrogens with zero attached hydrogens (tertiary/aromatic N) is 1. The number of hydrogen-bond acceptors (Lipinski definition) is 2. The standard InChI is InChI=1S/C18H19N3OS/c22-18(21-9-6-17-14(12-21)7-10-23-17)19-8-5-13-11-20-16-4-2-1-3-15(13)16/h1-4,7,10-11,20H,5-6,8-9,12H2,(H,19,22). The number of H-pyrrole nitrogens is 1. The van der Waals surface area contributed by atoms with Crippen molar-refractivity contribution in [3.8, 4) is 0 Å². The molecule has 4 nitrogen and oxygen atoms in total. The Morgan fingerprint density at radius 1 is 1.30 bits per heavy atom. The van der Waals surface area contributed by atoms with E-state index in [1.54, 1.807) is 11.3 Å². The highest BCUT2D eigenvalue weighted by Crippen LogP contribution is 2.24. The maximum atomic E-state index is 12.3. The zero-order chi connectivity index (χ0) is 15.6. The number of fused-ring (bicyclic) bond motifs is 2. The Kier molecular flexibility index (Phi) is 3.79. The number of thiophene rings is 1. The number of urea groups is 1. The van der Waals surface area contributed by atoms with Crippen molar-refractivity contribution in [1.82, 2.24) is 15.2 Å². The Bertz CT molecular complexity index is 836. The molecule has 118 valence electrons. The molecule has 2 amide bonds. The molecule has 4 rings (SSSR count). The summed E-state index contributed by atoms with van der Waals surface area (Å²) in [5.41, 5.74) is 3.70. The average molecular weight is 325 g/mol. The molecule has 3 aromatic rings. The minimum Gasteiger partial charge on any atom is -0.361 e. The molecule has 1 aliphatic rings. The monoisotopic (exact) mass is 325 g/mol. The molecule has 0 spiro atoms. The van der Waals surface area contributed by atoms with Crippen LogP contribution >= 0.6 is 11.3 Å². The van der Waals surface area contributed by atoms with E-state index in [2.05, 4.69) is 33.9 Å². The van der Waals surface area contributed by atoms with Gasteiger partial charge in [-0.15, -0.1) is 11.3 Å². The Balaban J connectivity index is 1.34. The second-order valence-corrected chi connectivity index (χ2v) is 6.88. The molecule has 3 heterocycles. The van der Waals surface area contributed by atoms with Crippen LogP contribution in [0.2, 0.25) is 0 Å². The first-order valence-corrected chi connectivity index (χ1v) is 8.82. The molecule has 0 unspecified atom stereocenters. The molecule has 0 fully saturated rings. The summed E-state index contributed by atoms with van der Waals surface area (Å²) in [7, 11) is 0. The molecule has 1 aliphatic heterocycles. The van der Waals surface area contributed by atoms with Gasteiger partial charge in [-0.05, 0) is 41.5 Å². The minimum atomic E-state index is 0.0432. The lowest BCUT2D eigenvalue weighted by atomic mass is 10.1. The molecule has 2 N–H and O–H groups in total. The van der Waals surface area contributed by atoms with E-state index in [0.29, 0.717) is 6.54 Å². The van der Waals surface area contributed by atoms with E-state index in [4.69, 9.17) is 0 Å². The third-order valence-electron chi connectivity index (χ3n) is 4.44. The van der Waals surface area contributed by atoms with Crippen molar-refractivity contribution in [3.05, 3.63) is 57.9 Å². The van der Waals surface area contributed by atoms with Gasteiger partial charge in [0.2, 0.25) is 0 Å². The summed E-state index contributed by atoms with van der Waals surface area (Å²) < 4.78 is 0. The highest BCUT2D eigenvalue weighted by atomic mass is 32.1. The normalized spacial score (nSPS) is 14.0. The van der Waals surface area contributed by atoms with Crippen molar-refractivity contribution in [3.63, 3.8) is 0 Å². The van der Waals surface area contributed by atoms with Crippen LogP contribution in [0.25, 0.3) is 10.9 Å². The molecule has 1 aromatic carbocycles. The molecular weight excluding hydrogens is 306 g/mol. The first kappa shape index (κ1) is 14.3. The van der Waals surface area contributed by atoms with Gasteiger partial charge in [0, 0.05) is 41.6 Å². The topological polar surface area (TPSA) is 48.1 Å². The smallest absolute Gasteiger partial charge is 0.317 e. The summed E-state index contributed by atoms with van der Waals surface area (Å²) >= 11 is 1.79. The number of nitrogens with one attached hydrogen (secondary N) is 2. The number of para-hydroxylation sites is 1. The summed E-state index contributed by atoms with van der Waals surface area (Å²) in [6.45, 7) is 2.21. The number of rotatable bonds is 3. The summed E-state index contributed by atoms with van der Waals surface area (Å²) in [5, 5.41) is 6.41. The number of hydrogen-bond donors (Lipinski definition) is 2. The third-order valence-corrected chi connectivity index (χ3v) is 5.46. The summed E-state index contributed by atoms with van der Waals surface area (Å²) in [5.74, 6) is 0. The van der Waals surface area contributed by atoms with Crippen LogP contribution in [0.1, 0.15) is 16.0 Å². The van der Waals surface area contributed by atoms with Crippen LogP contribution in [0.15, 0.2) is 41.9 Å². The van der Waals surface area contributed by atoms with Crippen LogP contribution in [0.4, 0.5) is 4.79 Å². The largest absolute Gasteiger partial charge is 0.361 e. The molecule has 0 aliphatic carbocycles. The highest BCUT2D eigenvalue weighted by molar-refractivity contribution is 7.10. The Hall–Kier alpha value is -2.27. The second-order valence-electron chi connectivity index (χ2n) is 5.88. The number of aromatic nitrogens is 1. The van der Waals surface area contributed by atoms with Gasteiger partial charge in [-0.25, -0.2) is 4.79 Å². The zero-order valence-corrected chi connectivity index (χ0v) is 13.7. The lowest BCUT2D eigenvalue weighted by Crippen LogP contribution is -2.43. The first-order chi connectivity index (χ1) is 11.3. The molecule has 0 bridgehead atoms. The molecular formula is C18H19N3OS. The van der Waals surface area contributed by atoms with E-state index < -0.39 is 0 Å². The van der Waals surface area contributed by atoms with Gasteiger partial charge in [0.05, 0.1) is 0 Å². The fraction of sp³-hybridized carbons (Fsp3) is 0.278. The number of aromatic amines is 1. The first-order valence-electron chi connectivity index (χ1n) is 7.94. The molecule has 0 radical (unpaired) electrons. The van der Waals surface area contributed by atoms with Gasteiger partial charge in [-0.2, -0.15) is 0 Å². The van der Waals surface area contributed by atoms with Gasteiger partial charge in [-0.3, -0.25) is 0 Å². The maximum Gasteiger partial charge on any atom is 0.317 e. The van der Waals surface area contributed by atoms with Crippen molar-refractivity contribution < 1.29 is 4.79 Å². The summed E-state index contributed by atoms with van der Waals surface area (Å²) in [4.78, 5) is 18.9. The Morgan fingerprint density at radius 2 is 2.22 bits per heavy atom. The van der Waals surface area contributed by atoms with Crippen molar-refractivity contribution in [1.29, 1.82) is 0 Å². The highest BCUT2D eigenvalue weighted by Gasteiger charge is 2.21. The summed E-state index contributed by atoms with van der Waals surface area (Å²) in [6, 6.07) is 10.4. The third kappa shape index (κ3) is 2.84. The van der Waals surface area contributed by atoms with E-state index in [1.807, 2.05) is 23.2 Å². The van der Waals surface area contributed by atoms with E-state index in [-0.39, 0.29) is 6.03 Å². The lowest BCUT2D eigenvalue weighted by molar-refractivity contribution is 0.193. The van der Waals surface area contributed by atoms with Gasteiger partial charge in [0.15, 0.2) is 0 Å². The molecule has 0 saturated heterocycles. The van der Waals surface area contributed by atoms with Crippen LogP contribution in [-0.2, 0) is 19.4 Å².